The second-order valence-corrected chi connectivity index (χ2v) is 8.26. The molecule has 1 heterocycles. The van der Waals surface area contributed by atoms with Gasteiger partial charge < -0.3 is 20.8 Å². The van der Waals surface area contributed by atoms with E-state index in [9.17, 15) is 4.79 Å². The molecular formula is C24H28N6O2. The first kappa shape index (κ1) is 22.6. The summed E-state index contributed by atoms with van der Waals surface area (Å²) in [6.45, 7) is 7.39. The predicted molar refractivity (Wildman–Crippen MR) is 129 cm³/mol. The lowest BCUT2D eigenvalue weighted by molar-refractivity contribution is 0.0636. The number of nitrogens with two attached hydrogens (primary N) is 1. The van der Waals surface area contributed by atoms with E-state index in [4.69, 9.17) is 15.9 Å². The molecule has 0 aliphatic heterocycles. The number of nitrogens with zero attached hydrogens (tertiary/aromatic N) is 1. The first-order valence-corrected chi connectivity index (χ1v) is 10.2. The third-order valence-electron chi connectivity index (χ3n) is 4.41. The van der Waals surface area contributed by atoms with Gasteiger partial charge in [-0.25, -0.2) is 4.79 Å². The smallest absolute Gasteiger partial charge is 0.412 e. The van der Waals surface area contributed by atoms with Crippen molar-refractivity contribution in [1.29, 1.82) is 5.41 Å². The number of carbonyl (C=O) groups is 1. The highest BCUT2D eigenvalue weighted by Crippen LogP contribution is 2.23. The Morgan fingerprint density at radius 3 is 2.34 bits per heavy atom. The Labute approximate surface area is 187 Å². The Hall–Kier alpha value is -4.07. The second-order valence-electron chi connectivity index (χ2n) is 8.26. The van der Waals surface area contributed by atoms with Crippen molar-refractivity contribution < 1.29 is 9.53 Å². The molecule has 0 radical (unpaired) electrons. The van der Waals surface area contributed by atoms with Crippen LogP contribution in [0.15, 0.2) is 65.7 Å². The maximum Gasteiger partial charge on any atom is 0.412 e. The number of benzene rings is 2. The average Bonchev–Trinajstić information content (AvgIpc) is 2.69. The van der Waals surface area contributed by atoms with E-state index in [0.717, 1.165) is 16.8 Å². The number of hydrogen-bond acceptors (Lipinski definition) is 4. The molecule has 0 bridgehead atoms. The number of para-hydroxylation sites is 2. The minimum absolute atomic E-state index is 0.0242. The molecular weight excluding hydrogens is 404 g/mol. The quantitative estimate of drug-likeness (QED) is 0.230. The molecule has 3 aromatic rings. The number of pyridine rings is 1. The van der Waals surface area contributed by atoms with Crippen LogP contribution in [0.3, 0.4) is 0 Å². The normalized spacial score (nSPS) is 11.7. The van der Waals surface area contributed by atoms with Crippen LogP contribution in [0.4, 0.5) is 21.9 Å². The number of aryl methyl sites for hydroxylation is 1. The molecule has 0 atom stereocenters. The third kappa shape index (κ3) is 6.21. The first-order chi connectivity index (χ1) is 15.1. The van der Waals surface area contributed by atoms with Gasteiger partial charge in [-0.3, -0.25) is 10.7 Å². The summed E-state index contributed by atoms with van der Waals surface area (Å²) < 4.78 is 5.27. The van der Waals surface area contributed by atoms with Gasteiger partial charge in [0.25, 0.3) is 0 Å². The molecule has 166 valence electrons. The molecule has 1 aromatic heterocycles. The Kier molecular flexibility index (Phi) is 6.63. The largest absolute Gasteiger partial charge is 0.444 e. The topological polar surface area (TPSA) is 128 Å². The van der Waals surface area contributed by atoms with Crippen LogP contribution in [-0.4, -0.2) is 22.6 Å². The Balaban J connectivity index is 1.72. The van der Waals surface area contributed by atoms with Crippen LogP contribution < -0.4 is 21.9 Å². The number of aromatic amines is 1. The molecule has 2 aromatic carbocycles. The summed E-state index contributed by atoms with van der Waals surface area (Å²) in [5.41, 5.74) is 10.6. The van der Waals surface area contributed by atoms with Gasteiger partial charge in [0.1, 0.15) is 11.1 Å². The molecule has 3 rings (SSSR count). The van der Waals surface area contributed by atoms with Crippen LogP contribution in [0.2, 0.25) is 0 Å². The number of nitrogens with one attached hydrogen (secondary N) is 4. The minimum atomic E-state index is -0.552. The molecule has 0 saturated heterocycles. The van der Waals surface area contributed by atoms with Crippen molar-refractivity contribution in [2.24, 2.45) is 4.99 Å². The molecule has 0 spiro atoms. The van der Waals surface area contributed by atoms with Crippen molar-refractivity contribution in [2.45, 2.75) is 33.3 Å². The molecule has 0 aliphatic carbocycles. The summed E-state index contributed by atoms with van der Waals surface area (Å²) in [5, 5.41) is 13.7. The van der Waals surface area contributed by atoms with Gasteiger partial charge in [0, 0.05) is 16.9 Å². The van der Waals surface area contributed by atoms with Gasteiger partial charge in [0.15, 0.2) is 0 Å². The summed E-state index contributed by atoms with van der Waals surface area (Å²) in [6, 6.07) is 18.4. The molecule has 0 aliphatic rings. The average molecular weight is 433 g/mol. The number of rotatable bonds is 3. The SMILES string of the molecule is Cc1[nH]/c(=N\C(=N)Nc2ccccc2N)ccc1-c1ccc(NC(=O)OC(C)(C)C)cc1. The van der Waals surface area contributed by atoms with Crippen molar-refractivity contribution >= 4 is 29.1 Å². The number of aromatic nitrogens is 1. The maximum atomic E-state index is 11.9. The number of amides is 1. The first-order valence-electron chi connectivity index (χ1n) is 10.2. The van der Waals surface area contributed by atoms with E-state index < -0.39 is 11.7 Å². The Morgan fingerprint density at radius 2 is 1.72 bits per heavy atom. The molecule has 0 unspecified atom stereocenters. The monoisotopic (exact) mass is 432 g/mol. The van der Waals surface area contributed by atoms with Crippen LogP contribution in [0.1, 0.15) is 26.5 Å². The maximum absolute atomic E-state index is 11.9. The lowest BCUT2D eigenvalue weighted by atomic mass is 10.0. The Bertz CT molecular complexity index is 1190. The van der Waals surface area contributed by atoms with E-state index in [0.29, 0.717) is 22.5 Å². The summed E-state index contributed by atoms with van der Waals surface area (Å²) in [5.74, 6) is -0.0242. The molecule has 8 nitrogen and oxygen atoms in total. The summed E-state index contributed by atoms with van der Waals surface area (Å²) in [7, 11) is 0. The van der Waals surface area contributed by atoms with Gasteiger partial charge >= 0.3 is 6.09 Å². The van der Waals surface area contributed by atoms with Crippen molar-refractivity contribution in [3.8, 4) is 11.1 Å². The van der Waals surface area contributed by atoms with E-state index in [-0.39, 0.29) is 5.96 Å². The van der Waals surface area contributed by atoms with Crippen LogP contribution in [0, 0.1) is 12.3 Å². The van der Waals surface area contributed by atoms with E-state index in [1.54, 1.807) is 18.2 Å². The summed E-state index contributed by atoms with van der Waals surface area (Å²) in [6.07, 6.45) is -0.492. The van der Waals surface area contributed by atoms with Crippen LogP contribution in [-0.2, 0) is 4.74 Å². The second kappa shape index (κ2) is 9.38. The van der Waals surface area contributed by atoms with Crippen molar-refractivity contribution in [3.63, 3.8) is 0 Å². The van der Waals surface area contributed by atoms with E-state index >= 15 is 0 Å². The highest BCUT2D eigenvalue weighted by atomic mass is 16.6. The van der Waals surface area contributed by atoms with Gasteiger partial charge in [0.05, 0.1) is 11.4 Å². The highest BCUT2D eigenvalue weighted by molar-refractivity contribution is 5.94. The zero-order valence-electron chi connectivity index (χ0n) is 18.6. The van der Waals surface area contributed by atoms with Gasteiger partial charge in [-0.05, 0) is 69.7 Å². The molecule has 0 fully saturated rings. The number of hydrogen-bond donors (Lipinski definition) is 5. The lowest BCUT2D eigenvalue weighted by Crippen LogP contribution is -2.27. The van der Waals surface area contributed by atoms with E-state index in [1.165, 1.54) is 0 Å². The van der Waals surface area contributed by atoms with Crippen LogP contribution in [0.5, 0.6) is 0 Å². The van der Waals surface area contributed by atoms with E-state index in [2.05, 4.69) is 20.6 Å². The number of nitrogen functional groups attached to an aromatic ring is 1. The summed E-state index contributed by atoms with van der Waals surface area (Å²) >= 11 is 0. The zero-order chi connectivity index (χ0) is 23.3. The number of carbonyl (C=O) groups excluding carboxylic acids is 1. The third-order valence-corrected chi connectivity index (χ3v) is 4.41. The molecule has 1 amide bonds. The Morgan fingerprint density at radius 1 is 1.03 bits per heavy atom. The number of H-pyrrole nitrogens is 1. The van der Waals surface area contributed by atoms with Crippen molar-refractivity contribution in [3.05, 3.63) is 71.8 Å². The van der Waals surface area contributed by atoms with Gasteiger partial charge in [-0.15, -0.1) is 0 Å². The van der Waals surface area contributed by atoms with Gasteiger partial charge in [-0.2, -0.15) is 4.99 Å². The molecule has 32 heavy (non-hydrogen) atoms. The van der Waals surface area contributed by atoms with E-state index in [1.807, 2.05) is 70.2 Å². The van der Waals surface area contributed by atoms with Crippen LogP contribution >= 0.6 is 0 Å². The number of ether oxygens (including phenoxy) is 1. The lowest BCUT2D eigenvalue weighted by Gasteiger charge is -2.19. The zero-order valence-corrected chi connectivity index (χ0v) is 18.6. The molecule has 0 saturated carbocycles. The fraction of sp³-hybridized carbons (Fsp3) is 0.208. The minimum Gasteiger partial charge on any atom is -0.444 e. The fourth-order valence-electron chi connectivity index (χ4n) is 3.01. The predicted octanol–water partition coefficient (Wildman–Crippen LogP) is 4.87. The van der Waals surface area contributed by atoms with Crippen LogP contribution in [0.25, 0.3) is 11.1 Å². The molecule has 8 heteroatoms. The standard InChI is InChI=1S/C24H28N6O2/c1-15-18(16-9-11-17(12-10-16)28-23(31)32-24(2,3)4)13-14-21(27-15)30-22(26)29-20-8-6-5-7-19(20)25/h5-14H,25H2,1-4H3,(H,28,31)(H3,26,27,29,30). The summed E-state index contributed by atoms with van der Waals surface area (Å²) in [4.78, 5) is 19.4. The highest BCUT2D eigenvalue weighted by Gasteiger charge is 2.16. The number of guanidine groups is 1. The fourth-order valence-corrected chi connectivity index (χ4v) is 3.01. The van der Waals surface area contributed by atoms with Crippen molar-refractivity contribution in [1.82, 2.24) is 4.98 Å². The van der Waals surface area contributed by atoms with Gasteiger partial charge in [0.2, 0.25) is 5.96 Å². The number of anilines is 3. The molecule has 6 N–H and O–H groups in total. The van der Waals surface area contributed by atoms with Gasteiger partial charge in [-0.1, -0.05) is 24.3 Å². The van der Waals surface area contributed by atoms with Crippen molar-refractivity contribution in [2.75, 3.05) is 16.4 Å².